The van der Waals surface area contributed by atoms with E-state index in [1.807, 2.05) is 25.1 Å². The van der Waals surface area contributed by atoms with Crippen molar-refractivity contribution in [2.24, 2.45) is 0 Å². The van der Waals surface area contributed by atoms with Gasteiger partial charge in [0.25, 0.3) is 5.91 Å². The van der Waals surface area contributed by atoms with Gasteiger partial charge in [-0.25, -0.2) is 0 Å². The molecule has 0 heterocycles. The van der Waals surface area contributed by atoms with Gasteiger partial charge in [-0.15, -0.1) is 0 Å². The third kappa shape index (κ3) is 3.18. The number of nitrogens with one attached hydrogen (secondary N) is 1. The smallest absolute Gasteiger partial charge is 0.251 e. The van der Waals surface area contributed by atoms with Crippen LogP contribution in [0.3, 0.4) is 0 Å². The maximum absolute atomic E-state index is 11.5. The minimum Gasteiger partial charge on any atom is -0.380 e. The monoisotopic (exact) mass is 193 g/mol. The molecule has 0 saturated carbocycles. The fourth-order valence-corrected chi connectivity index (χ4v) is 1.01. The predicted octanol–water partition coefficient (Wildman–Crippen LogP) is 1.45. The van der Waals surface area contributed by atoms with Crippen molar-refractivity contribution in [3.05, 3.63) is 35.9 Å². The second kappa shape index (κ2) is 5.40. The minimum atomic E-state index is -0.0606. The van der Waals surface area contributed by atoms with Gasteiger partial charge in [0.15, 0.2) is 0 Å². The minimum absolute atomic E-state index is 0.0441. The molecular formula is C11H15NO2. The average molecular weight is 193 g/mol. The molecule has 0 radical (unpaired) electrons. The summed E-state index contributed by atoms with van der Waals surface area (Å²) in [6, 6.07) is 9.14. The standard InChI is InChI=1S/C11H15NO2/c1-9(14-2)8-12-11(13)10-6-4-3-5-7-10/h3-7,9H,8H2,1-2H3,(H,12,13). The lowest BCUT2D eigenvalue weighted by Gasteiger charge is -2.10. The summed E-state index contributed by atoms with van der Waals surface area (Å²) in [5.41, 5.74) is 0.677. The van der Waals surface area contributed by atoms with Crippen LogP contribution in [-0.2, 0) is 4.74 Å². The SMILES string of the molecule is COC(C)CNC(=O)c1ccccc1. The second-order valence-corrected chi connectivity index (χ2v) is 3.12. The molecule has 0 bridgehead atoms. The summed E-state index contributed by atoms with van der Waals surface area (Å²) in [4.78, 5) is 11.5. The van der Waals surface area contributed by atoms with E-state index >= 15 is 0 Å². The van der Waals surface area contributed by atoms with E-state index < -0.39 is 0 Å². The molecule has 0 saturated heterocycles. The molecule has 0 aromatic heterocycles. The van der Waals surface area contributed by atoms with Crippen LogP contribution in [-0.4, -0.2) is 25.7 Å². The summed E-state index contributed by atoms with van der Waals surface area (Å²) >= 11 is 0. The van der Waals surface area contributed by atoms with E-state index in [2.05, 4.69) is 5.32 Å². The number of carbonyl (C=O) groups excluding carboxylic acids is 1. The quantitative estimate of drug-likeness (QED) is 0.786. The van der Waals surface area contributed by atoms with Gasteiger partial charge in [0.1, 0.15) is 0 Å². The molecule has 0 aliphatic heterocycles. The first-order valence-electron chi connectivity index (χ1n) is 4.60. The van der Waals surface area contributed by atoms with E-state index in [1.165, 1.54) is 0 Å². The third-order valence-electron chi connectivity index (χ3n) is 1.99. The van der Waals surface area contributed by atoms with Gasteiger partial charge < -0.3 is 10.1 Å². The molecule has 0 aliphatic carbocycles. The van der Waals surface area contributed by atoms with Crippen molar-refractivity contribution in [3.8, 4) is 0 Å². The van der Waals surface area contributed by atoms with Crippen LogP contribution >= 0.6 is 0 Å². The highest BCUT2D eigenvalue weighted by Gasteiger charge is 2.05. The third-order valence-corrected chi connectivity index (χ3v) is 1.99. The Hall–Kier alpha value is -1.35. The molecule has 3 nitrogen and oxygen atoms in total. The number of amides is 1. The number of methoxy groups -OCH3 is 1. The lowest BCUT2D eigenvalue weighted by atomic mass is 10.2. The fourth-order valence-electron chi connectivity index (χ4n) is 1.01. The van der Waals surface area contributed by atoms with E-state index in [0.29, 0.717) is 12.1 Å². The number of carbonyl (C=O) groups is 1. The Morgan fingerprint density at radius 2 is 2.07 bits per heavy atom. The van der Waals surface area contributed by atoms with Gasteiger partial charge in [-0.2, -0.15) is 0 Å². The van der Waals surface area contributed by atoms with Crippen molar-refractivity contribution in [1.29, 1.82) is 0 Å². The van der Waals surface area contributed by atoms with E-state index in [0.717, 1.165) is 0 Å². The molecule has 14 heavy (non-hydrogen) atoms. The molecule has 1 aromatic rings. The molecule has 0 spiro atoms. The molecule has 1 unspecified atom stereocenters. The highest BCUT2D eigenvalue weighted by Crippen LogP contribution is 1.97. The van der Waals surface area contributed by atoms with Crippen LogP contribution in [0.4, 0.5) is 0 Å². The zero-order chi connectivity index (χ0) is 10.4. The maximum Gasteiger partial charge on any atom is 0.251 e. The van der Waals surface area contributed by atoms with Crippen LogP contribution in [0, 0.1) is 0 Å². The Morgan fingerprint density at radius 3 is 2.64 bits per heavy atom. The lowest BCUT2D eigenvalue weighted by molar-refractivity contribution is 0.0870. The summed E-state index contributed by atoms with van der Waals surface area (Å²) in [7, 11) is 1.62. The molecule has 1 aromatic carbocycles. The highest BCUT2D eigenvalue weighted by molar-refractivity contribution is 5.94. The van der Waals surface area contributed by atoms with E-state index in [4.69, 9.17) is 4.74 Å². The van der Waals surface area contributed by atoms with Gasteiger partial charge >= 0.3 is 0 Å². The van der Waals surface area contributed by atoms with Gasteiger partial charge in [0, 0.05) is 19.2 Å². The van der Waals surface area contributed by atoms with Crippen LogP contribution < -0.4 is 5.32 Å². The first-order valence-corrected chi connectivity index (χ1v) is 4.60. The van der Waals surface area contributed by atoms with Crippen LogP contribution in [0.2, 0.25) is 0 Å². The number of benzene rings is 1. The molecule has 1 atom stereocenters. The zero-order valence-corrected chi connectivity index (χ0v) is 8.49. The van der Waals surface area contributed by atoms with Crippen molar-refractivity contribution in [3.63, 3.8) is 0 Å². The Kier molecular flexibility index (Phi) is 4.13. The van der Waals surface area contributed by atoms with E-state index in [9.17, 15) is 4.79 Å². The summed E-state index contributed by atoms with van der Waals surface area (Å²) in [6.07, 6.45) is 0.0441. The van der Waals surface area contributed by atoms with Crippen LogP contribution in [0.1, 0.15) is 17.3 Å². The van der Waals surface area contributed by atoms with Crippen molar-refractivity contribution in [1.82, 2.24) is 5.32 Å². The molecule has 3 heteroatoms. The Morgan fingerprint density at radius 1 is 1.43 bits per heavy atom. The van der Waals surface area contributed by atoms with E-state index in [-0.39, 0.29) is 12.0 Å². The number of ether oxygens (including phenoxy) is 1. The Labute approximate surface area is 84.1 Å². The molecule has 0 aliphatic rings. The number of hydrogen-bond donors (Lipinski definition) is 1. The van der Waals surface area contributed by atoms with E-state index in [1.54, 1.807) is 19.2 Å². The Bertz CT molecular complexity index is 285. The summed E-state index contributed by atoms with van der Waals surface area (Å²) < 4.78 is 5.02. The van der Waals surface area contributed by atoms with Gasteiger partial charge in [-0.05, 0) is 19.1 Å². The Balaban J connectivity index is 2.44. The molecule has 0 fully saturated rings. The second-order valence-electron chi connectivity index (χ2n) is 3.12. The predicted molar refractivity (Wildman–Crippen MR) is 55.2 cm³/mol. The van der Waals surface area contributed by atoms with Crippen molar-refractivity contribution < 1.29 is 9.53 Å². The van der Waals surface area contributed by atoms with Crippen LogP contribution in [0.5, 0.6) is 0 Å². The molecule has 1 amide bonds. The first kappa shape index (κ1) is 10.7. The topological polar surface area (TPSA) is 38.3 Å². The van der Waals surface area contributed by atoms with Crippen molar-refractivity contribution >= 4 is 5.91 Å². The summed E-state index contributed by atoms with van der Waals surface area (Å²) in [5.74, 6) is -0.0606. The van der Waals surface area contributed by atoms with Crippen molar-refractivity contribution in [2.75, 3.05) is 13.7 Å². The van der Waals surface area contributed by atoms with Gasteiger partial charge in [-0.1, -0.05) is 18.2 Å². The maximum atomic E-state index is 11.5. The largest absolute Gasteiger partial charge is 0.380 e. The average Bonchev–Trinajstić information content (AvgIpc) is 2.26. The zero-order valence-electron chi connectivity index (χ0n) is 8.49. The van der Waals surface area contributed by atoms with Gasteiger partial charge in [-0.3, -0.25) is 4.79 Å². The van der Waals surface area contributed by atoms with Gasteiger partial charge in [0.2, 0.25) is 0 Å². The summed E-state index contributed by atoms with van der Waals surface area (Å²) in [6.45, 7) is 2.44. The summed E-state index contributed by atoms with van der Waals surface area (Å²) in [5, 5.41) is 2.79. The highest BCUT2D eigenvalue weighted by atomic mass is 16.5. The molecule has 76 valence electrons. The molecule has 1 N–H and O–H groups in total. The van der Waals surface area contributed by atoms with Crippen molar-refractivity contribution in [2.45, 2.75) is 13.0 Å². The fraction of sp³-hybridized carbons (Fsp3) is 0.364. The normalized spacial score (nSPS) is 12.1. The number of hydrogen-bond acceptors (Lipinski definition) is 2. The molecular weight excluding hydrogens is 178 g/mol. The van der Waals surface area contributed by atoms with Gasteiger partial charge in [0.05, 0.1) is 6.10 Å². The molecule has 1 rings (SSSR count). The van der Waals surface area contributed by atoms with Crippen LogP contribution in [0.15, 0.2) is 30.3 Å². The van der Waals surface area contributed by atoms with Crippen LogP contribution in [0.25, 0.3) is 0 Å². The lowest BCUT2D eigenvalue weighted by Crippen LogP contribution is -2.31. The number of rotatable bonds is 4. The first-order chi connectivity index (χ1) is 6.74.